The van der Waals surface area contributed by atoms with Crippen LogP contribution in [-0.2, 0) is 55.8 Å². The SMILES string of the molecule is CC/C=C\C/C=C\C/C=C\C/C=C\C/C=C\C/C=C\CCCCCCCCCCCCC(=O)OCC(O)COP(=O)(O)OCC(O)COP(=O)(O)OCC(COC(=O)CCCCCCC/C=C\C/C=C\C/C=C\C/C=C\CCCCC)OC(=O)CCCCCCCCCCCCCCCCC. The van der Waals surface area contributed by atoms with Gasteiger partial charge in [-0.3, -0.25) is 32.5 Å². The number of phosphoric ester groups is 2. The molecule has 0 rings (SSSR count). The lowest BCUT2D eigenvalue weighted by Gasteiger charge is -2.21. The Balaban J connectivity index is 4.55. The Morgan fingerprint density at radius 1 is 0.287 bits per heavy atom. The van der Waals surface area contributed by atoms with Crippen molar-refractivity contribution in [2.24, 2.45) is 0 Å². The molecule has 0 radical (unpaired) electrons. The van der Waals surface area contributed by atoms with Crippen molar-refractivity contribution in [2.75, 3.05) is 39.6 Å². The highest BCUT2D eigenvalue weighted by atomic mass is 31.2. The fraction of sp³-hybridized carbons (Fsp3) is 0.723. The van der Waals surface area contributed by atoms with E-state index in [0.717, 1.165) is 148 Å². The Kier molecular flexibility index (Phi) is 72.6. The number of hydrogen-bond donors (Lipinski definition) is 4. The van der Waals surface area contributed by atoms with E-state index in [1.165, 1.54) is 122 Å². The van der Waals surface area contributed by atoms with E-state index in [-0.39, 0.29) is 19.3 Å². The van der Waals surface area contributed by atoms with Gasteiger partial charge in [0.1, 0.15) is 25.4 Å². The normalized spacial score (nSPS) is 14.6. The molecule has 0 bridgehead atoms. The lowest BCUT2D eigenvalue weighted by atomic mass is 10.0. The Hall–Kier alpha value is -4.05. The first kappa shape index (κ1) is 97.0. The second kappa shape index (κ2) is 75.6. The zero-order chi connectivity index (χ0) is 73.7. The monoisotopic (exact) mass is 1460 g/mol. The molecule has 0 aliphatic rings. The van der Waals surface area contributed by atoms with Crippen LogP contribution in [-0.4, -0.2) is 95.9 Å². The van der Waals surface area contributed by atoms with E-state index < -0.39 is 91.5 Å². The number of carbonyl (C=O) groups excluding carboxylic acids is 3. The van der Waals surface area contributed by atoms with E-state index in [4.69, 9.17) is 32.3 Å². The average Bonchev–Trinajstić information content (AvgIpc) is 1.14. The predicted molar refractivity (Wildman–Crippen MR) is 417 cm³/mol. The summed E-state index contributed by atoms with van der Waals surface area (Å²) < 4.78 is 61.2. The van der Waals surface area contributed by atoms with E-state index in [1.54, 1.807) is 0 Å². The Morgan fingerprint density at radius 3 is 0.851 bits per heavy atom. The van der Waals surface area contributed by atoms with Crippen LogP contribution in [0, 0.1) is 0 Å². The summed E-state index contributed by atoms with van der Waals surface area (Å²) in [6, 6.07) is 0. The van der Waals surface area contributed by atoms with Gasteiger partial charge in [-0.15, -0.1) is 0 Å². The van der Waals surface area contributed by atoms with Gasteiger partial charge in [0.25, 0.3) is 0 Å². The van der Waals surface area contributed by atoms with Crippen LogP contribution in [0.2, 0.25) is 0 Å². The van der Waals surface area contributed by atoms with Gasteiger partial charge in [0, 0.05) is 19.3 Å². The van der Waals surface area contributed by atoms with Gasteiger partial charge in [0.15, 0.2) is 6.10 Å². The number of aliphatic hydroxyl groups excluding tert-OH is 2. The average molecular weight is 1460 g/mol. The lowest BCUT2D eigenvalue weighted by Crippen LogP contribution is -2.30. The van der Waals surface area contributed by atoms with E-state index >= 15 is 0 Å². The summed E-state index contributed by atoms with van der Waals surface area (Å²) in [6.07, 6.45) is 89.5. The number of esters is 3. The zero-order valence-electron chi connectivity index (χ0n) is 63.5. The fourth-order valence-corrected chi connectivity index (χ4v) is 12.2. The van der Waals surface area contributed by atoms with Crippen LogP contribution in [0.5, 0.6) is 0 Å². The minimum Gasteiger partial charge on any atom is -0.463 e. The summed E-state index contributed by atoms with van der Waals surface area (Å²) in [5, 5.41) is 20.6. The summed E-state index contributed by atoms with van der Waals surface area (Å²) in [4.78, 5) is 58.7. The van der Waals surface area contributed by atoms with Crippen LogP contribution in [0.4, 0.5) is 0 Å². The number of hydrogen-bond acceptors (Lipinski definition) is 14. The summed E-state index contributed by atoms with van der Waals surface area (Å²) in [5.41, 5.74) is 0. The molecular formula is C83H144O16P2. The number of allylic oxidation sites excluding steroid dienone is 20. The van der Waals surface area contributed by atoms with Gasteiger partial charge < -0.3 is 34.2 Å². The van der Waals surface area contributed by atoms with Gasteiger partial charge in [-0.05, 0) is 116 Å². The molecule has 0 aliphatic carbocycles. The van der Waals surface area contributed by atoms with Crippen LogP contribution < -0.4 is 0 Å². The molecule has 582 valence electrons. The van der Waals surface area contributed by atoms with Crippen LogP contribution >= 0.6 is 15.6 Å². The topological polar surface area (TPSA) is 231 Å². The van der Waals surface area contributed by atoms with Crippen molar-refractivity contribution in [3.63, 3.8) is 0 Å². The molecule has 0 saturated heterocycles. The van der Waals surface area contributed by atoms with Crippen molar-refractivity contribution in [1.29, 1.82) is 0 Å². The molecule has 5 unspecified atom stereocenters. The first-order valence-corrected chi connectivity index (χ1v) is 42.8. The Labute approximate surface area is 614 Å². The van der Waals surface area contributed by atoms with Crippen molar-refractivity contribution in [3.8, 4) is 0 Å². The Bertz CT molecular complexity index is 2320. The number of aliphatic hydroxyl groups is 2. The minimum absolute atomic E-state index is 0.102. The lowest BCUT2D eigenvalue weighted by molar-refractivity contribution is -0.161. The number of rotatable bonds is 75. The van der Waals surface area contributed by atoms with Crippen molar-refractivity contribution < 1.29 is 75.8 Å². The van der Waals surface area contributed by atoms with Gasteiger partial charge in [-0.2, -0.15) is 0 Å². The standard InChI is InChI=1S/C83H144O16P2/c1-4-7-10-13-16-19-22-25-28-30-32-34-35-36-37-38-39-40-41-43-45-46-49-51-54-57-60-63-66-69-81(86)93-72-78(84)73-95-100(89,90)96-74-79(85)75-97-101(91,92)98-77-80(99-83(88)71-68-65-62-59-56-53-48-27-24-21-18-15-12-9-6-3)76-94-82(87)70-67-64-61-58-55-52-50-47-44-42-33-31-29-26-23-20-17-14-11-8-5-2/h7,10,16-17,19-20,25-26,28-29,32-34,36-37,39-40,42,47,50,78-80,84-85H,4-6,8-9,11-15,18,21-24,27,30-31,35,38,41,43-46,48-49,51-77H2,1-3H3,(H,89,90)(H,91,92)/b10-7-,19-16-,20-17-,28-25-,29-26-,34-32-,37-36-,40-39-,42-33-,50-47-. The maximum absolute atomic E-state index is 13.0. The van der Waals surface area contributed by atoms with Crippen LogP contribution in [0.3, 0.4) is 0 Å². The molecule has 0 saturated carbocycles. The highest BCUT2D eigenvalue weighted by Gasteiger charge is 2.29. The zero-order valence-corrected chi connectivity index (χ0v) is 65.3. The van der Waals surface area contributed by atoms with Gasteiger partial charge in [0.05, 0.1) is 26.4 Å². The van der Waals surface area contributed by atoms with Gasteiger partial charge >= 0.3 is 33.6 Å². The summed E-state index contributed by atoms with van der Waals surface area (Å²) in [6.45, 7) is 2.54. The minimum atomic E-state index is -4.93. The van der Waals surface area contributed by atoms with Crippen LogP contribution in [0.1, 0.15) is 329 Å². The van der Waals surface area contributed by atoms with Crippen LogP contribution in [0.25, 0.3) is 0 Å². The number of ether oxygens (including phenoxy) is 3. The van der Waals surface area contributed by atoms with E-state index in [9.17, 15) is 43.5 Å². The van der Waals surface area contributed by atoms with Gasteiger partial charge in [0.2, 0.25) is 0 Å². The smallest absolute Gasteiger partial charge is 0.463 e. The first-order chi connectivity index (χ1) is 49.2. The number of phosphoric acid groups is 2. The molecule has 4 N–H and O–H groups in total. The summed E-state index contributed by atoms with van der Waals surface area (Å²) in [7, 11) is -9.79. The Morgan fingerprint density at radius 2 is 0.525 bits per heavy atom. The third kappa shape index (κ3) is 76.9. The molecule has 101 heavy (non-hydrogen) atoms. The van der Waals surface area contributed by atoms with Crippen molar-refractivity contribution >= 4 is 33.6 Å². The van der Waals surface area contributed by atoms with Crippen LogP contribution in [0.15, 0.2) is 122 Å². The highest BCUT2D eigenvalue weighted by Crippen LogP contribution is 2.45. The first-order valence-electron chi connectivity index (χ1n) is 39.8. The van der Waals surface area contributed by atoms with Gasteiger partial charge in [-0.25, -0.2) is 9.13 Å². The molecule has 5 atom stereocenters. The molecule has 0 aromatic heterocycles. The number of carbonyl (C=O) groups is 3. The molecule has 0 aromatic carbocycles. The fourth-order valence-electron chi connectivity index (χ4n) is 10.6. The van der Waals surface area contributed by atoms with Crippen molar-refractivity contribution in [2.45, 2.75) is 347 Å². The second-order valence-electron chi connectivity index (χ2n) is 26.5. The summed E-state index contributed by atoms with van der Waals surface area (Å²) >= 11 is 0. The second-order valence-corrected chi connectivity index (χ2v) is 29.4. The molecule has 18 heteroatoms. The molecule has 0 aromatic rings. The maximum atomic E-state index is 13.0. The third-order valence-corrected chi connectivity index (χ3v) is 18.6. The molecule has 0 amide bonds. The van der Waals surface area contributed by atoms with Gasteiger partial charge in [-0.1, -0.05) is 316 Å². The molecule has 0 spiro atoms. The van der Waals surface area contributed by atoms with E-state index in [0.29, 0.717) is 19.3 Å². The predicted octanol–water partition coefficient (Wildman–Crippen LogP) is 23.3. The van der Waals surface area contributed by atoms with E-state index in [2.05, 4.69) is 142 Å². The third-order valence-electron chi connectivity index (χ3n) is 16.7. The number of unbranched alkanes of at least 4 members (excludes halogenated alkanes) is 32. The quantitative estimate of drug-likeness (QED) is 0.0146. The van der Waals surface area contributed by atoms with Crippen molar-refractivity contribution in [3.05, 3.63) is 122 Å². The molecule has 0 fully saturated rings. The maximum Gasteiger partial charge on any atom is 0.472 e. The highest BCUT2D eigenvalue weighted by molar-refractivity contribution is 7.47. The molecular weight excluding hydrogens is 1310 g/mol. The molecule has 0 heterocycles. The van der Waals surface area contributed by atoms with E-state index in [1.807, 2.05) is 0 Å². The molecule has 0 aliphatic heterocycles. The summed E-state index contributed by atoms with van der Waals surface area (Å²) in [5.74, 6) is -1.59. The largest absolute Gasteiger partial charge is 0.472 e. The van der Waals surface area contributed by atoms with Crippen molar-refractivity contribution in [1.82, 2.24) is 0 Å². The molecule has 16 nitrogen and oxygen atoms in total.